The number of halogens is 3. The number of aliphatic carboxylic acids is 1. The van der Waals surface area contributed by atoms with Gasteiger partial charge in [-0.3, -0.25) is 9.78 Å². The quantitative estimate of drug-likeness (QED) is 0.483. The zero-order chi connectivity index (χ0) is 30.8. The molecule has 0 spiro atoms. The lowest BCUT2D eigenvalue weighted by Gasteiger charge is -2.41. The van der Waals surface area contributed by atoms with Gasteiger partial charge in [-0.2, -0.15) is 13.2 Å². The molecule has 0 radical (unpaired) electrons. The summed E-state index contributed by atoms with van der Waals surface area (Å²) in [6, 6.07) is 9.41. The third kappa shape index (κ3) is 10.8. The molecule has 224 valence electrons. The van der Waals surface area contributed by atoms with Crippen molar-refractivity contribution in [3.8, 4) is 5.75 Å². The molecule has 2 heterocycles. The number of nitrogens with zero attached hydrogens (tertiary/aromatic N) is 3. The molecule has 1 unspecified atom stereocenters. The van der Waals surface area contributed by atoms with Gasteiger partial charge in [-0.05, 0) is 57.2 Å². The van der Waals surface area contributed by atoms with Crippen molar-refractivity contribution >= 4 is 29.7 Å². The molecule has 1 aromatic heterocycles. The van der Waals surface area contributed by atoms with Gasteiger partial charge in [0, 0.05) is 44.1 Å². The van der Waals surface area contributed by atoms with Gasteiger partial charge in [-0.25, -0.2) is 14.4 Å². The lowest BCUT2D eigenvalue weighted by molar-refractivity contribution is -0.192. The van der Waals surface area contributed by atoms with Crippen molar-refractivity contribution in [3.63, 3.8) is 0 Å². The molecule has 3 N–H and O–H groups in total. The minimum Gasteiger partial charge on any atom is -0.490 e. The summed E-state index contributed by atoms with van der Waals surface area (Å²) in [7, 11) is 1.56. The number of hydrogen-bond donors (Lipinski definition) is 3. The highest BCUT2D eigenvalue weighted by atomic mass is 19.4. The summed E-state index contributed by atoms with van der Waals surface area (Å²) in [6.07, 6.45) is -2.27. The standard InChI is InChI=1S/C24H31N5O5.C2HF3O2/c1-24(2,3)34-23(32)28-12-13-29(19(15-28)16-33-20-6-5-11-26-14-20)22(31)27-18-9-7-17(8-10-18)21(30)25-4;3-2(4,5)1(6)7/h5-11,14,19H,12-13,15-16H2,1-4H3,(H,25,30)(H,27,31);(H,6,7). The number of pyridine rings is 1. The van der Waals surface area contributed by atoms with Crippen molar-refractivity contribution < 1.29 is 46.9 Å². The van der Waals surface area contributed by atoms with E-state index in [0.717, 1.165) is 0 Å². The molecule has 1 aliphatic rings. The van der Waals surface area contributed by atoms with Crippen molar-refractivity contribution in [3.05, 3.63) is 54.4 Å². The van der Waals surface area contributed by atoms with Crippen LogP contribution in [0.5, 0.6) is 5.75 Å². The number of carboxylic acid groups (broad SMARTS) is 1. The van der Waals surface area contributed by atoms with Crippen molar-refractivity contribution in [2.75, 3.05) is 38.6 Å². The smallest absolute Gasteiger partial charge is 0.490 e. The fourth-order valence-electron chi connectivity index (χ4n) is 3.43. The van der Waals surface area contributed by atoms with E-state index in [9.17, 15) is 27.6 Å². The van der Waals surface area contributed by atoms with E-state index >= 15 is 0 Å². The van der Waals surface area contributed by atoms with Crippen molar-refractivity contribution in [2.45, 2.75) is 38.6 Å². The van der Waals surface area contributed by atoms with Gasteiger partial charge in [0.25, 0.3) is 5.91 Å². The first kappa shape index (κ1) is 32.7. The van der Waals surface area contributed by atoms with E-state index in [1.807, 2.05) is 20.8 Å². The van der Waals surface area contributed by atoms with Crippen molar-refractivity contribution in [1.29, 1.82) is 0 Å². The number of benzene rings is 1. The second kappa shape index (κ2) is 14.2. The molecule has 1 aromatic carbocycles. The van der Waals surface area contributed by atoms with Crippen LogP contribution >= 0.6 is 0 Å². The van der Waals surface area contributed by atoms with E-state index < -0.39 is 29.9 Å². The lowest BCUT2D eigenvalue weighted by atomic mass is 10.1. The van der Waals surface area contributed by atoms with Crippen molar-refractivity contribution in [1.82, 2.24) is 20.1 Å². The number of amides is 4. The number of nitrogens with one attached hydrogen (secondary N) is 2. The predicted octanol–water partition coefficient (Wildman–Crippen LogP) is 3.61. The molecule has 12 nitrogen and oxygen atoms in total. The summed E-state index contributed by atoms with van der Waals surface area (Å²) in [5.41, 5.74) is 0.432. The van der Waals surface area contributed by atoms with E-state index in [0.29, 0.717) is 30.1 Å². The summed E-state index contributed by atoms with van der Waals surface area (Å²) in [4.78, 5) is 53.6. The number of hydrogen-bond acceptors (Lipinski definition) is 7. The van der Waals surface area contributed by atoms with Crippen LogP contribution < -0.4 is 15.4 Å². The zero-order valence-electron chi connectivity index (χ0n) is 22.9. The van der Waals surface area contributed by atoms with Gasteiger partial charge in [0.2, 0.25) is 0 Å². The van der Waals surface area contributed by atoms with Gasteiger partial charge in [-0.15, -0.1) is 0 Å². The fraction of sp³-hybridized carbons (Fsp3) is 0.423. The molecule has 0 bridgehead atoms. The van der Waals surface area contributed by atoms with Gasteiger partial charge >= 0.3 is 24.3 Å². The van der Waals surface area contributed by atoms with E-state index in [4.69, 9.17) is 19.4 Å². The highest BCUT2D eigenvalue weighted by molar-refractivity contribution is 5.95. The van der Waals surface area contributed by atoms with Gasteiger partial charge in [0.1, 0.15) is 18.0 Å². The van der Waals surface area contributed by atoms with E-state index in [-0.39, 0.29) is 25.1 Å². The highest BCUT2D eigenvalue weighted by Crippen LogP contribution is 2.19. The first-order valence-corrected chi connectivity index (χ1v) is 12.3. The largest absolute Gasteiger partial charge is 0.490 e. The molecule has 15 heteroatoms. The van der Waals surface area contributed by atoms with Crippen LogP contribution in [0.4, 0.5) is 28.4 Å². The Kier molecular flexibility index (Phi) is 11.3. The Morgan fingerprint density at radius 3 is 2.22 bits per heavy atom. The normalized spacial score (nSPS) is 15.1. The molecule has 4 amide bonds. The Morgan fingerprint density at radius 2 is 1.71 bits per heavy atom. The minimum absolute atomic E-state index is 0.175. The van der Waals surface area contributed by atoms with Crippen LogP contribution in [-0.2, 0) is 9.53 Å². The number of ether oxygens (including phenoxy) is 2. The monoisotopic (exact) mass is 583 g/mol. The minimum atomic E-state index is -5.08. The van der Waals surface area contributed by atoms with Gasteiger partial charge < -0.3 is 35.0 Å². The SMILES string of the molecule is CNC(=O)c1ccc(NC(=O)N2CCN(C(=O)OC(C)(C)C)CC2COc2cccnc2)cc1.O=C(O)C(F)(F)F. The van der Waals surface area contributed by atoms with Gasteiger partial charge in [-0.1, -0.05) is 0 Å². The number of aromatic nitrogens is 1. The maximum atomic E-state index is 13.1. The summed E-state index contributed by atoms with van der Waals surface area (Å²) in [5, 5.41) is 12.5. The summed E-state index contributed by atoms with van der Waals surface area (Å²) < 4.78 is 43.1. The first-order valence-electron chi connectivity index (χ1n) is 12.3. The molecule has 0 aliphatic carbocycles. The molecule has 1 fully saturated rings. The fourth-order valence-corrected chi connectivity index (χ4v) is 3.43. The number of carboxylic acids is 1. The first-order chi connectivity index (χ1) is 19.1. The Hall–Kier alpha value is -4.56. The van der Waals surface area contributed by atoms with Crippen LogP contribution in [-0.4, -0.2) is 95.0 Å². The zero-order valence-corrected chi connectivity index (χ0v) is 22.9. The predicted molar refractivity (Wildman–Crippen MR) is 141 cm³/mol. The average molecular weight is 584 g/mol. The number of carbonyl (C=O) groups excluding carboxylic acids is 3. The Morgan fingerprint density at radius 1 is 1.07 bits per heavy atom. The van der Waals surface area contributed by atoms with Gasteiger partial charge in [0.15, 0.2) is 0 Å². The third-order valence-electron chi connectivity index (χ3n) is 5.34. The molecule has 1 aliphatic heterocycles. The van der Waals surface area contributed by atoms with Crippen LogP contribution in [0.1, 0.15) is 31.1 Å². The highest BCUT2D eigenvalue weighted by Gasteiger charge is 2.38. The average Bonchev–Trinajstić information content (AvgIpc) is 2.91. The van der Waals surface area contributed by atoms with Crippen LogP contribution in [0.15, 0.2) is 48.8 Å². The second-order valence-corrected chi connectivity index (χ2v) is 9.66. The molecule has 41 heavy (non-hydrogen) atoms. The van der Waals surface area contributed by atoms with Gasteiger partial charge in [0.05, 0.1) is 12.2 Å². The Balaban J connectivity index is 0.000000745. The molecule has 1 atom stereocenters. The number of rotatable bonds is 5. The maximum absolute atomic E-state index is 13.1. The molecule has 3 rings (SSSR count). The summed E-state index contributed by atoms with van der Waals surface area (Å²) in [5.74, 6) is -2.39. The topological polar surface area (TPSA) is 150 Å². The van der Waals surface area contributed by atoms with Crippen LogP contribution in [0.25, 0.3) is 0 Å². The summed E-state index contributed by atoms with van der Waals surface area (Å²) in [6.45, 7) is 6.52. The number of anilines is 1. The van der Waals surface area contributed by atoms with Crippen LogP contribution in [0.3, 0.4) is 0 Å². The lowest BCUT2D eigenvalue weighted by Crippen LogP contribution is -2.59. The van der Waals surface area contributed by atoms with E-state index in [1.165, 1.54) is 0 Å². The van der Waals surface area contributed by atoms with Crippen LogP contribution in [0.2, 0.25) is 0 Å². The van der Waals surface area contributed by atoms with E-state index in [1.54, 1.807) is 65.6 Å². The molecule has 0 saturated carbocycles. The Labute approximate surface area is 234 Å². The van der Waals surface area contributed by atoms with E-state index in [2.05, 4.69) is 15.6 Å². The molecule has 1 saturated heterocycles. The number of urea groups is 1. The Bertz CT molecular complexity index is 1190. The molecular weight excluding hydrogens is 551 g/mol. The summed E-state index contributed by atoms with van der Waals surface area (Å²) >= 11 is 0. The number of alkyl halides is 3. The second-order valence-electron chi connectivity index (χ2n) is 9.66. The maximum Gasteiger partial charge on any atom is 0.490 e. The number of piperazine rings is 1. The third-order valence-corrected chi connectivity index (χ3v) is 5.34. The van der Waals surface area contributed by atoms with Crippen LogP contribution in [0, 0.1) is 0 Å². The van der Waals surface area contributed by atoms with Crippen molar-refractivity contribution in [2.24, 2.45) is 0 Å². The molecular formula is C26H32F3N5O7. The molecule has 2 aromatic rings. The number of carbonyl (C=O) groups is 4.